The topological polar surface area (TPSA) is 81.5 Å². The van der Waals surface area contributed by atoms with Crippen LogP contribution in [0.4, 0.5) is 5.69 Å². The van der Waals surface area contributed by atoms with Crippen molar-refractivity contribution in [3.05, 3.63) is 63.0 Å². The number of carbonyl (C=O) groups excluding carboxylic acids is 1. The Labute approximate surface area is 122 Å². The number of hydrogen-bond acceptors (Lipinski definition) is 5. The van der Waals surface area contributed by atoms with Crippen LogP contribution in [0.1, 0.15) is 25.3 Å². The summed E-state index contributed by atoms with van der Waals surface area (Å²) >= 11 is 0. The van der Waals surface area contributed by atoms with Crippen LogP contribution in [-0.2, 0) is 9.53 Å². The molecule has 1 N–H and O–H groups in total. The molecule has 0 amide bonds. The van der Waals surface area contributed by atoms with Gasteiger partial charge in [-0.15, -0.1) is 0 Å². The Morgan fingerprint density at radius 2 is 2.10 bits per heavy atom. The first kappa shape index (κ1) is 14.8. The van der Waals surface area contributed by atoms with E-state index in [-0.39, 0.29) is 11.6 Å². The average Bonchev–Trinajstić information content (AvgIpc) is 2.49. The lowest BCUT2D eigenvalue weighted by Crippen LogP contribution is -2.24. The Morgan fingerprint density at radius 1 is 1.38 bits per heavy atom. The summed E-state index contributed by atoms with van der Waals surface area (Å²) in [5, 5.41) is 13.9. The molecule has 0 radical (unpaired) electrons. The monoisotopic (exact) mass is 288 g/mol. The maximum atomic E-state index is 11.9. The van der Waals surface area contributed by atoms with Crippen LogP contribution in [0.15, 0.2) is 47.3 Å². The molecule has 6 nitrogen and oxygen atoms in total. The number of rotatable bonds is 3. The minimum Gasteiger partial charge on any atom is -0.466 e. The first-order chi connectivity index (χ1) is 9.95. The van der Waals surface area contributed by atoms with Crippen LogP contribution in [0.25, 0.3) is 0 Å². The number of non-ortho nitro benzene ring substituents is 1. The van der Waals surface area contributed by atoms with Crippen molar-refractivity contribution in [1.29, 1.82) is 0 Å². The van der Waals surface area contributed by atoms with Crippen molar-refractivity contribution in [3.8, 4) is 0 Å². The molecule has 1 atom stereocenters. The summed E-state index contributed by atoms with van der Waals surface area (Å²) in [4.78, 5) is 22.4. The highest BCUT2D eigenvalue weighted by atomic mass is 16.6. The number of allylic oxidation sites excluding steroid dienone is 2. The molecule has 0 aliphatic carbocycles. The number of hydrogen-bond donors (Lipinski definition) is 1. The molecule has 0 saturated carbocycles. The van der Waals surface area contributed by atoms with Gasteiger partial charge < -0.3 is 10.1 Å². The summed E-state index contributed by atoms with van der Waals surface area (Å²) in [5.74, 6) is -0.801. The molecule has 0 fully saturated rings. The van der Waals surface area contributed by atoms with E-state index in [1.165, 1.54) is 19.2 Å². The zero-order chi connectivity index (χ0) is 15.6. The Morgan fingerprint density at radius 3 is 2.71 bits per heavy atom. The van der Waals surface area contributed by atoms with Gasteiger partial charge in [-0.2, -0.15) is 0 Å². The summed E-state index contributed by atoms with van der Waals surface area (Å²) in [7, 11) is 1.31. The van der Waals surface area contributed by atoms with E-state index < -0.39 is 10.9 Å². The predicted octanol–water partition coefficient (Wildman–Crippen LogP) is 2.63. The van der Waals surface area contributed by atoms with E-state index in [0.29, 0.717) is 11.1 Å². The number of benzene rings is 1. The molecule has 0 spiro atoms. The first-order valence-corrected chi connectivity index (χ1v) is 6.42. The second kappa shape index (κ2) is 5.78. The maximum absolute atomic E-state index is 11.9. The van der Waals surface area contributed by atoms with E-state index in [2.05, 4.69) is 5.32 Å². The van der Waals surface area contributed by atoms with E-state index in [4.69, 9.17) is 4.74 Å². The highest BCUT2D eigenvalue weighted by Gasteiger charge is 2.29. The van der Waals surface area contributed by atoms with E-state index in [1.807, 2.05) is 13.8 Å². The van der Waals surface area contributed by atoms with Gasteiger partial charge in [0.1, 0.15) is 0 Å². The van der Waals surface area contributed by atoms with Crippen molar-refractivity contribution < 1.29 is 14.5 Å². The molecule has 1 heterocycles. The molecule has 1 unspecified atom stereocenters. The van der Waals surface area contributed by atoms with Crippen molar-refractivity contribution >= 4 is 11.7 Å². The lowest BCUT2D eigenvalue weighted by atomic mass is 9.83. The van der Waals surface area contributed by atoms with Crippen LogP contribution in [0.5, 0.6) is 0 Å². The van der Waals surface area contributed by atoms with Crippen molar-refractivity contribution in [1.82, 2.24) is 5.32 Å². The van der Waals surface area contributed by atoms with Crippen LogP contribution in [0.3, 0.4) is 0 Å². The maximum Gasteiger partial charge on any atom is 0.336 e. The smallest absolute Gasteiger partial charge is 0.336 e. The van der Waals surface area contributed by atoms with Gasteiger partial charge >= 0.3 is 5.97 Å². The molecule has 0 saturated heterocycles. The third-order valence-corrected chi connectivity index (χ3v) is 3.62. The number of carbonyl (C=O) groups is 1. The molecule has 21 heavy (non-hydrogen) atoms. The fraction of sp³-hybridized carbons (Fsp3) is 0.267. The van der Waals surface area contributed by atoms with Gasteiger partial charge in [-0.1, -0.05) is 12.1 Å². The van der Waals surface area contributed by atoms with Gasteiger partial charge in [0.15, 0.2) is 0 Å². The van der Waals surface area contributed by atoms with Gasteiger partial charge in [0.2, 0.25) is 0 Å². The fourth-order valence-electron chi connectivity index (χ4n) is 2.38. The number of ether oxygens (including phenoxy) is 1. The summed E-state index contributed by atoms with van der Waals surface area (Å²) in [5.41, 5.74) is 2.97. The van der Waals surface area contributed by atoms with Crippen molar-refractivity contribution in [2.24, 2.45) is 0 Å². The van der Waals surface area contributed by atoms with Gasteiger partial charge in [0, 0.05) is 29.9 Å². The molecular formula is C15H16N2O4. The quantitative estimate of drug-likeness (QED) is 0.525. The van der Waals surface area contributed by atoms with Crippen molar-refractivity contribution in [2.45, 2.75) is 19.8 Å². The Bertz CT molecular complexity index is 661. The zero-order valence-corrected chi connectivity index (χ0v) is 12.0. The summed E-state index contributed by atoms with van der Waals surface area (Å²) in [6.07, 6.45) is 1.59. The highest BCUT2D eigenvalue weighted by molar-refractivity contribution is 5.91. The molecule has 1 aliphatic heterocycles. The van der Waals surface area contributed by atoms with Crippen LogP contribution in [0.2, 0.25) is 0 Å². The van der Waals surface area contributed by atoms with Gasteiger partial charge in [0.25, 0.3) is 5.69 Å². The molecule has 110 valence electrons. The highest BCUT2D eigenvalue weighted by Crippen LogP contribution is 2.36. The number of nitro benzene ring substituents is 1. The lowest BCUT2D eigenvalue weighted by molar-refractivity contribution is -0.384. The number of dihydropyridines is 1. The zero-order valence-electron chi connectivity index (χ0n) is 12.0. The van der Waals surface area contributed by atoms with Crippen LogP contribution < -0.4 is 5.32 Å². The van der Waals surface area contributed by atoms with Crippen LogP contribution >= 0.6 is 0 Å². The molecule has 6 heteroatoms. The summed E-state index contributed by atoms with van der Waals surface area (Å²) in [6.45, 7) is 3.78. The SMILES string of the molecule is COC(=O)C1=CNC(C)=C(C)C1c1cccc([N+](=O)[O-])c1. The van der Waals surface area contributed by atoms with Crippen molar-refractivity contribution in [3.63, 3.8) is 0 Å². The number of nitrogens with one attached hydrogen (secondary N) is 1. The van der Waals surface area contributed by atoms with Gasteiger partial charge in [0.05, 0.1) is 17.6 Å². The summed E-state index contributed by atoms with van der Waals surface area (Å²) < 4.78 is 4.80. The number of nitrogens with zero attached hydrogens (tertiary/aromatic N) is 1. The second-order valence-corrected chi connectivity index (χ2v) is 4.83. The number of nitro groups is 1. The normalized spacial score (nSPS) is 17.9. The van der Waals surface area contributed by atoms with E-state index in [0.717, 1.165) is 11.3 Å². The predicted molar refractivity (Wildman–Crippen MR) is 77.4 cm³/mol. The van der Waals surface area contributed by atoms with Gasteiger partial charge in [-0.25, -0.2) is 4.79 Å². The molecular weight excluding hydrogens is 272 g/mol. The Kier molecular flexibility index (Phi) is 4.07. The lowest BCUT2D eigenvalue weighted by Gasteiger charge is -2.26. The molecule has 1 aliphatic rings. The van der Waals surface area contributed by atoms with Crippen molar-refractivity contribution in [2.75, 3.05) is 7.11 Å². The second-order valence-electron chi connectivity index (χ2n) is 4.83. The number of esters is 1. The molecule has 0 aromatic heterocycles. The van der Waals surface area contributed by atoms with Crippen LogP contribution in [0, 0.1) is 10.1 Å². The molecule has 1 aromatic carbocycles. The Balaban J connectivity index is 2.53. The standard InChI is InChI=1S/C15H16N2O4/c1-9-10(2)16-8-13(15(18)21-3)14(9)11-5-4-6-12(7-11)17(19)20/h4-8,14,16H,1-3H3. The first-order valence-electron chi connectivity index (χ1n) is 6.42. The largest absolute Gasteiger partial charge is 0.466 e. The van der Waals surface area contributed by atoms with E-state index in [1.54, 1.807) is 18.3 Å². The minimum absolute atomic E-state index is 0.000650. The average molecular weight is 288 g/mol. The number of methoxy groups -OCH3 is 1. The molecule has 2 rings (SSSR count). The minimum atomic E-state index is -0.453. The molecule has 0 bridgehead atoms. The van der Waals surface area contributed by atoms with Crippen LogP contribution in [-0.4, -0.2) is 18.0 Å². The third kappa shape index (κ3) is 2.79. The Hall–Kier alpha value is -2.63. The third-order valence-electron chi connectivity index (χ3n) is 3.62. The van der Waals surface area contributed by atoms with E-state index >= 15 is 0 Å². The van der Waals surface area contributed by atoms with Gasteiger partial charge in [-0.05, 0) is 25.0 Å². The molecule has 1 aromatic rings. The van der Waals surface area contributed by atoms with E-state index in [9.17, 15) is 14.9 Å². The van der Waals surface area contributed by atoms with Gasteiger partial charge in [-0.3, -0.25) is 10.1 Å². The summed E-state index contributed by atoms with van der Waals surface area (Å²) in [6, 6.07) is 6.31. The fourth-order valence-corrected chi connectivity index (χ4v) is 2.38.